The Morgan fingerprint density at radius 3 is 2.67 bits per heavy atom. The first-order valence-corrected chi connectivity index (χ1v) is 11.6. The fourth-order valence-corrected chi connectivity index (χ4v) is 4.67. The second-order valence-electron chi connectivity index (χ2n) is 7.83. The lowest BCUT2D eigenvalue weighted by molar-refractivity contribution is -0.113. The molecule has 2 N–H and O–H groups in total. The molecule has 1 aromatic heterocycles. The summed E-state index contributed by atoms with van der Waals surface area (Å²) in [5, 5.41) is 6.40. The zero-order valence-corrected chi connectivity index (χ0v) is 19.9. The van der Waals surface area contributed by atoms with Gasteiger partial charge in [-0.15, -0.1) is 0 Å². The maximum atomic E-state index is 13.6. The van der Waals surface area contributed by atoms with Crippen LogP contribution in [0.25, 0.3) is 11.0 Å². The molecule has 33 heavy (non-hydrogen) atoms. The van der Waals surface area contributed by atoms with E-state index in [1.165, 1.54) is 0 Å². The van der Waals surface area contributed by atoms with Gasteiger partial charge < -0.3 is 15.4 Å². The van der Waals surface area contributed by atoms with Gasteiger partial charge in [0.1, 0.15) is 5.75 Å². The molecule has 6 nitrogen and oxygen atoms in total. The topological polar surface area (TPSA) is 68.2 Å². The number of carbonyl (C=O) groups is 1. The van der Waals surface area contributed by atoms with Gasteiger partial charge in [-0.3, -0.25) is 9.36 Å². The predicted molar refractivity (Wildman–Crippen MR) is 135 cm³/mol. The SMILES string of the molecule is CCOc1ccc(NC(=O)C2=C(C)Nc3nc4ccccc4n3[C@@H]2c2cccc(Br)c2)cc1. The highest BCUT2D eigenvalue weighted by Crippen LogP contribution is 2.40. The van der Waals surface area contributed by atoms with Gasteiger partial charge in [-0.25, -0.2) is 4.98 Å². The minimum atomic E-state index is -0.339. The quantitative estimate of drug-likeness (QED) is 0.344. The number of hydrogen-bond donors (Lipinski definition) is 2. The van der Waals surface area contributed by atoms with Crippen LogP contribution in [0.2, 0.25) is 0 Å². The molecule has 0 aliphatic carbocycles. The molecular weight excluding hydrogens is 480 g/mol. The van der Waals surface area contributed by atoms with Crippen LogP contribution in [0.4, 0.5) is 11.6 Å². The number of aromatic nitrogens is 2. The Bertz CT molecular complexity index is 1370. The van der Waals surface area contributed by atoms with E-state index in [4.69, 9.17) is 9.72 Å². The van der Waals surface area contributed by atoms with Crippen molar-refractivity contribution in [2.75, 3.05) is 17.2 Å². The number of benzene rings is 3. The van der Waals surface area contributed by atoms with Crippen LogP contribution >= 0.6 is 15.9 Å². The minimum absolute atomic E-state index is 0.169. The van der Waals surface area contributed by atoms with Gasteiger partial charge in [0.25, 0.3) is 5.91 Å². The van der Waals surface area contributed by atoms with Crippen LogP contribution in [0.5, 0.6) is 5.75 Å². The highest BCUT2D eigenvalue weighted by molar-refractivity contribution is 9.10. The number of halogens is 1. The van der Waals surface area contributed by atoms with Crippen LogP contribution in [0.15, 0.2) is 88.5 Å². The van der Waals surface area contributed by atoms with E-state index in [2.05, 4.69) is 31.1 Å². The molecule has 0 radical (unpaired) electrons. The Balaban J connectivity index is 1.59. The summed E-state index contributed by atoms with van der Waals surface area (Å²) in [7, 11) is 0. The number of ether oxygens (including phenoxy) is 1. The Morgan fingerprint density at radius 1 is 1.12 bits per heavy atom. The largest absolute Gasteiger partial charge is 0.494 e. The number of amides is 1. The fourth-order valence-electron chi connectivity index (χ4n) is 4.25. The number of rotatable bonds is 5. The van der Waals surface area contributed by atoms with Crippen LogP contribution in [-0.2, 0) is 4.79 Å². The van der Waals surface area contributed by atoms with E-state index in [9.17, 15) is 4.79 Å². The van der Waals surface area contributed by atoms with Gasteiger partial charge in [0, 0.05) is 15.9 Å². The molecule has 0 bridgehead atoms. The fraction of sp³-hybridized carbons (Fsp3) is 0.154. The van der Waals surface area contributed by atoms with Crippen LogP contribution in [-0.4, -0.2) is 22.1 Å². The van der Waals surface area contributed by atoms with E-state index in [0.29, 0.717) is 17.9 Å². The van der Waals surface area contributed by atoms with Gasteiger partial charge in [-0.05, 0) is 67.9 Å². The van der Waals surface area contributed by atoms with Gasteiger partial charge in [0.05, 0.1) is 29.3 Å². The number of carbonyl (C=O) groups excluding carboxylic acids is 1. The molecule has 1 amide bonds. The number of para-hydroxylation sites is 2. The molecule has 0 fully saturated rings. The van der Waals surface area contributed by atoms with Crippen molar-refractivity contribution in [3.05, 3.63) is 94.1 Å². The number of fused-ring (bicyclic) bond motifs is 3. The molecule has 0 spiro atoms. The molecule has 5 rings (SSSR count). The molecule has 4 aromatic rings. The molecule has 3 aromatic carbocycles. The Kier molecular flexibility index (Phi) is 5.64. The van der Waals surface area contributed by atoms with E-state index in [0.717, 1.165) is 38.5 Å². The summed E-state index contributed by atoms with van der Waals surface area (Å²) in [5.41, 5.74) is 4.94. The van der Waals surface area contributed by atoms with E-state index in [1.807, 2.05) is 86.6 Å². The molecular formula is C26H23BrN4O2. The molecule has 1 atom stereocenters. The lowest BCUT2D eigenvalue weighted by Crippen LogP contribution is -2.30. The monoisotopic (exact) mass is 502 g/mol. The second kappa shape index (κ2) is 8.75. The van der Waals surface area contributed by atoms with Crippen molar-refractivity contribution in [3.63, 3.8) is 0 Å². The van der Waals surface area contributed by atoms with Gasteiger partial charge in [0.2, 0.25) is 5.95 Å². The maximum Gasteiger partial charge on any atom is 0.255 e. The van der Waals surface area contributed by atoms with Crippen molar-refractivity contribution in [1.82, 2.24) is 9.55 Å². The van der Waals surface area contributed by atoms with E-state index >= 15 is 0 Å². The highest BCUT2D eigenvalue weighted by Gasteiger charge is 2.34. The molecule has 0 saturated carbocycles. The smallest absolute Gasteiger partial charge is 0.255 e. The lowest BCUT2D eigenvalue weighted by Gasteiger charge is -2.31. The molecule has 0 saturated heterocycles. The Labute approximate surface area is 200 Å². The van der Waals surface area contributed by atoms with Gasteiger partial charge in [0.15, 0.2) is 0 Å². The van der Waals surface area contributed by atoms with Crippen LogP contribution < -0.4 is 15.4 Å². The average Bonchev–Trinajstić information content (AvgIpc) is 3.17. The van der Waals surface area contributed by atoms with Crippen LogP contribution in [0, 0.1) is 0 Å². The number of hydrogen-bond acceptors (Lipinski definition) is 4. The molecule has 1 aliphatic rings. The van der Waals surface area contributed by atoms with Gasteiger partial charge >= 0.3 is 0 Å². The van der Waals surface area contributed by atoms with Crippen molar-refractivity contribution in [3.8, 4) is 5.75 Å². The van der Waals surface area contributed by atoms with Crippen molar-refractivity contribution in [1.29, 1.82) is 0 Å². The molecule has 1 aliphatic heterocycles. The summed E-state index contributed by atoms with van der Waals surface area (Å²) >= 11 is 3.59. The van der Waals surface area contributed by atoms with Crippen LogP contribution in [0.1, 0.15) is 25.5 Å². The third-order valence-corrected chi connectivity index (χ3v) is 6.16. The Morgan fingerprint density at radius 2 is 1.91 bits per heavy atom. The van der Waals surface area contributed by atoms with Gasteiger partial charge in [-0.2, -0.15) is 0 Å². The number of nitrogens with zero attached hydrogens (tertiary/aromatic N) is 2. The van der Waals surface area contributed by atoms with E-state index < -0.39 is 0 Å². The highest BCUT2D eigenvalue weighted by atomic mass is 79.9. The predicted octanol–water partition coefficient (Wildman–Crippen LogP) is 6.13. The second-order valence-corrected chi connectivity index (χ2v) is 8.74. The minimum Gasteiger partial charge on any atom is -0.494 e. The summed E-state index contributed by atoms with van der Waals surface area (Å²) in [5.74, 6) is 1.32. The average molecular weight is 503 g/mol. The first kappa shape index (κ1) is 21.3. The summed E-state index contributed by atoms with van der Waals surface area (Å²) in [6.45, 7) is 4.46. The molecule has 166 valence electrons. The first-order chi connectivity index (χ1) is 16.0. The standard InChI is InChI=1S/C26H23BrN4O2/c1-3-33-20-13-11-19(12-14-20)29-25(32)23-16(2)28-26-30-21-9-4-5-10-22(21)31(26)24(23)17-7-6-8-18(27)15-17/h4-15,24H,3H2,1-2H3,(H,28,30)(H,29,32)/t24-/m1/s1. The maximum absolute atomic E-state index is 13.6. The van der Waals surface area contributed by atoms with Crippen molar-refractivity contribution in [2.45, 2.75) is 19.9 Å². The van der Waals surface area contributed by atoms with Crippen molar-refractivity contribution >= 4 is 44.5 Å². The molecule has 0 unspecified atom stereocenters. The normalized spacial score (nSPS) is 15.2. The van der Waals surface area contributed by atoms with Crippen molar-refractivity contribution in [2.24, 2.45) is 0 Å². The summed E-state index contributed by atoms with van der Waals surface area (Å²) in [6, 6.07) is 23.1. The summed E-state index contributed by atoms with van der Waals surface area (Å²) < 4.78 is 8.56. The number of imidazole rings is 1. The lowest BCUT2D eigenvalue weighted by atomic mass is 9.94. The number of anilines is 2. The number of nitrogens with one attached hydrogen (secondary N) is 2. The van der Waals surface area contributed by atoms with E-state index in [1.54, 1.807) is 0 Å². The van der Waals surface area contributed by atoms with Crippen LogP contribution in [0.3, 0.4) is 0 Å². The number of allylic oxidation sites excluding steroid dienone is 1. The third-order valence-electron chi connectivity index (χ3n) is 5.66. The summed E-state index contributed by atoms with van der Waals surface area (Å²) in [4.78, 5) is 18.4. The van der Waals surface area contributed by atoms with Crippen molar-refractivity contribution < 1.29 is 9.53 Å². The zero-order chi connectivity index (χ0) is 22.9. The van der Waals surface area contributed by atoms with Gasteiger partial charge in [-0.1, -0.05) is 40.2 Å². The molecule has 2 heterocycles. The Hall–Kier alpha value is -3.58. The molecule has 7 heteroatoms. The zero-order valence-electron chi connectivity index (χ0n) is 18.3. The third kappa shape index (κ3) is 4.00. The first-order valence-electron chi connectivity index (χ1n) is 10.8. The van der Waals surface area contributed by atoms with E-state index in [-0.39, 0.29) is 11.9 Å². The summed E-state index contributed by atoms with van der Waals surface area (Å²) in [6.07, 6.45) is 0.